The highest BCUT2D eigenvalue weighted by molar-refractivity contribution is 5.75. The lowest BCUT2D eigenvalue weighted by molar-refractivity contribution is -0.132. The van der Waals surface area contributed by atoms with Gasteiger partial charge in [0.25, 0.3) is 0 Å². The molecular formula is C11H22N2O3. The van der Waals surface area contributed by atoms with Crippen LogP contribution < -0.4 is 5.32 Å². The van der Waals surface area contributed by atoms with Gasteiger partial charge in [-0.05, 0) is 25.9 Å². The third-order valence-corrected chi connectivity index (χ3v) is 2.82. The van der Waals surface area contributed by atoms with E-state index in [4.69, 9.17) is 9.84 Å². The molecule has 0 bridgehead atoms. The number of hydrogen-bond acceptors (Lipinski definition) is 4. The van der Waals surface area contributed by atoms with E-state index in [0.717, 1.165) is 25.9 Å². The summed E-state index contributed by atoms with van der Waals surface area (Å²) in [6.45, 7) is 2.90. The quantitative estimate of drug-likeness (QED) is 0.651. The Bertz CT molecular complexity index is 205. The zero-order chi connectivity index (χ0) is 11.8. The maximum absolute atomic E-state index is 11.5. The second-order valence-electron chi connectivity index (χ2n) is 4.11. The second kappa shape index (κ2) is 7.60. The van der Waals surface area contributed by atoms with Crippen LogP contribution in [0.3, 0.4) is 0 Å². The lowest BCUT2D eigenvalue weighted by Crippen LogP contribution is -2.34. The van der Waals surface area contributed by atoms with Gasteiger partial charge in [0, 0.05) is 13.6 Å². The summed E-state index contributed by atoms with van der Waals surface area (Å²) in [6, 6.07) is 0. The van der Waals surface area contributed by atoms with E-state index in [1.165, 1.54) is 4.90 Å². The SMILES string of the molecule is CN(CCO)C(=O)CCOC1CCNCC1. The highest BCUT2D eigenvalue weighted by atomic mass is 16.5. The van der Waals surface area contributed by atoms with Crippen molar-refractivity contribution in [2.75, 3.05) is 39.9 Å². The van der Waals surface area contributed by atoms with Gasteiger partial charge in [0.15, 0.2) is 0 Å². The van der Waals surface area contributed by atoms with Gasteiger partial charge in [-0.15, -0.1) is 0 Å². The number of nitrogens with one attached hydrogen (secondary N) is 1. The van der Waals surface area contributed by atoms with Crippen molar-refractivity contribution in [2.24, 2.45) is 0 Å². The normalized spacial score (nSPS) is 17.4. The van der Waals surface area contributed by atoms with E-state index in [2.05, 4.69) is 5.32 Å². The Balaban J connectivity index is 2.07. The Labute approximate surface area is 96.8 Å². The Kier molecular flexibility index (Phi) is 6.37. The number of carbonyl (C=O) groups excluding carboxylic acids is 1. The van der Waals surface area contributed by atoms with E-state index < -0.39 is 0 Å². The molecule has 5 heteroatoms. The van der Waals surface area contributed by atoms with Gasteiger partial charge in [0.2, 0.25) is 5.91 Å². The first-order valence-corrected chi connectivity index (χ1v) is 5.91. The van der Waals surface area contributed by atoms with Crippen LogP contribution in [0, 0.1) is 0 Å². The molecular weight excluding hydrogens is 208 g/mol. The molecule has 0 aromatic heterocycles. The third kappa shape index (κ3) is 4.92. The summed E-state index contributed by atoms with van der Waals surface area (Å²) < 4.78 is 5.63. The van der Waals surface area contributed by atoms with Gasteiger partial charge < -0.3 is 20.1 Å². The van der Waals surface area contributed by atoms with Gasteiger partial charge in [-0.1, -0.05) is 0 Å². The summed E-state index contributed by atoms with van der Waals surface area (Å²) in [5.41, 5.74) is 0. The van der Waals surface area contributed by atoms with Gasteiger partial charge in [0.1, 0.15) is 0 Å². The highest BCUT2D eigenvalue weighted by Gasteiger charge is 2.14. The summed E-state index contributed by atoms with van der Waals surface area (Å²) in [4.78, 5) is 13.0. The molecule has 0 aliphatic carbocycles. The molecule has 0 spiro atoms. The summed E-state index contributed by atoms with van der Waals surface area (Å²) in [5.74, 6) is 0.0305. The number of ether oxygens (including phenoxy) is 1. The monoisotopic (exact) mass is 230 g/mol. The van der Waals surface area contributed by atoms with Crippen LogP contribution in [-0.2, 0) is 9.53 Å². The van der Waals surface area contributed by atoms with Crippen LogP contribution in [0.4, 0.5) is 0 Å². The standard InChI is InChI=1S/C11H22N2O3/c1-13(7-8-14)11(15)4-9-16-10-2-5-12-6-3-10/h10,12,14H,2-9H2,1H3. The molecule has 0 aromatic rings. The lowest BCUT2D eigenvalue weighted by Gasteiger charge is -2.23. The van der Waals surface area contributed by atoms with Crippen molar-refractivity contribution >= 4 is 5.91 Å². The minimum absolute atomic E-state index is 0.0113. The van der Waals surface area contributed by atoms with Crippen molar-refractivity contribution in [2.45, 2.75) is 25.4 Å². The first-order chi connectivity index (χ1) is 7.74. The molecule has 0 saturated carbocycles. The topological polar surface area (TPSA) is 61.8 Å². The first kappa shape index (κ1) is 13.4. The van der Waals surface area contributed by atoms with Crippen molar-refractivity contribution in [3.05, 3.63) is 0 Å². The van der Waals surface area contributed by atoms with Gasteiger partial charge in [0.05, 0.1) is 25.7 Å². The number of aliphatic hydroxyl groups excluding tert-OH is 1. The smallest absolute Gasteiger partial charge is 0.224 e. The molecule has 1 amide bonds. The Morgan fingerprint density at radius 2 is 2.19 bits per heavy atom. The number of hydrogen-bond donors (Lipinski definition) is 2. The van der Waals surface area contributed by atoms with Crippen molar-refractivity contribution in [3.63, 3.8) is 0 Å². The third-order valence-electron chi connectivity index (χ3n) is 2.82. The molecule has 1 heterocycles. The largest absolute Gasteiger partial charge is 0.395 e. The number of amides is 1. The molecule has 94 valence electrons. The van der Waals surface area contributed by atoms with Crippen LogP contribution in [0.1, 0.15) is 19.3 Å². The molecule has 1 aliphatic heterocycles. The molecule has 1 aliphatic rings. The fraction of sp³-hybridized carbons (Fsp3) is 0.909. The van der Waals surface area contributed by atoms with Crippen molar-refractivity contribution < 1.29 is 14.6 Å². The predicted octanol–water partition coefficient (Wildman–Crippen LogP) is -0.404. The zero-order valence-corrected chi connectivity index (χ0v) is 9.95. The molecule has 0 atom stereocenters. The zero-order valence-electron chi connectivity index (χ0n) is 9.95. The maximum Gasteiger partial charge on any atom is 0.224 e. The Morgan fingerprint density at radius 1 is 1.50 bits per heavy atom. The van der Waals surface area contributed by atoms with Crippen LogP contribution >= 0.6 is 0 Å². The predicted molar refractivity (Wildman–Crippen MR) is 61.2 cm³/mol. The summed E-state index contributed by atoms with van der Waals surface area (Å²) in [5, 5.41) is 11.9. The number of nitrogens with zero attached hydrogens (tertiary/aromatic N) is 1. The van der Waals surface area contributed by atoms with Crippen LogP contribution in [0.15, 0.2) is 0 Å². The number of piperidine rings is 1. The number of carbonyl (C=O) groups is 1. The van der Waals surface area contributed by atoms with Gasteiger partial charge in [-0.3, -0.25) is 4.79 Å². The molecule has 0 unspecified atom stereocenters. The fourth-order valence-corrected chi connectivity index (χ4v) is 1.74. The minimum atomic E-state index is 0.0113. The molecule has 2 N–H and O–H groups in total. The average molecular weight is 230 g/mol. The molecule has 1 saturated heterocycles. The molecule has 16 heavy (non-hydrogen) atoms. The van der Waals surface area contributed by atoms with Gasteiger partial charge >= 0.3 is 0 Å². The van der Waals surface area contributed by atoms with Crippen molar-refractivity contribution in [1.82, 2.24) is 10.2 Å². The minimum Gasteiger partial charge on any atom is -0.395 e. The van der Waals surface area contributed by atoms with E-state index in [-0.39, 0.29) is 12.5 Å². The first-order valence-electron chi connectivity index (χ1n) is 5.91. The second-order valence-corrected chi connectivity index (χ2v) is 4.11. The summed E-state index contributed by atoms with van der Waals surface area (Å²) in [6.07, 6.45) is 2.76. The van der Waals surface area contributed by atoms with Crippen molar-refractivity contribution in [1.29, 1.82) is 0 Å². The summed E-state index contributed by atoms with van der Waals surface area (Å²) in [7, 11) is 1.70. The van der Waals surface area contributed by atoms with Gasteiger partial charge in [-0.25, -0.2) is 0 Å². The number of aliphatic hydroxyl groups is 1. The Hall–Kier alpha value is -0.650. The summed E-state index contributed by atoms with van der Waals surface area (Å²) >= 11 is 0. The fourth-order valence-electron chi connectivity index (χ4n) is 1.74. The Morgan fingerprint density at radius 3 is 2.81 bits per heavy atom. The van der Waals surface area contributed by atoms with E-state index in [1.807, 2.05) is 0 Å². The molecule has 1 fully saturated rings. The molecule has 1 rings (SSSR count). The van der Waals surface area contributed by atoms with Crippen molar-refractivity contribution in [3.8, 4) is 0 Å². The maximum atomic E-state index is 11.5. The molecule has 0 radical (unpaired) electrons. The average Bonchev–Trinajstić information content (AvgIpc) is 2.30. The van der Waals surface area contributed by atoms with Crippen LogP contribution in [0.25, 0.3) is 0 Å². The van der Waals surface area contributed by atoms with E-state index in [9.17, 15) is 4.79 Å². The lowest BCUT2D eigenvalue weighted by atomic mass is 10.1. The van der Waals surface area contributed by atoms with Crippen LogP contribution in [0.5, 0.6) is 0 Å². The van der Waals surface area contributed by atoms with Crippen LogP contribution in [-0.4, -0.2) is 61.9 Å². The highest BCUT2D eigenvalue weighted by Crippen LogP contribution is 2.07. The number of rotatable bonds is 6. The number of likely N-dealkylation sites (N-methyl/N-ethyl adjacent to an activating group) is 1. The molecule has 5 nitrogen and oxygen atoms in total. The van der Waals surface area contributed by atoms with E-state index in [1.54, 1.807) is 7.05 Å². The van der Waals surface area contributed by atoms with Gasteiger partial charge in [-0.2, -0.15) is 0 Å². The van der Waals surface area contributed by atoms with E-state index in [0.29, 0.717) is 25.7 Å². The van der Waals surface area contributed by atoms with Crippen LogP contribution in [0.2, 0.25) is 0 Å². The molecule has 0 aromatic carbocycles. The van der Waals surface area contributed by atoms with E-state index >= 15 is 0 Å².